The van der Waals surface area contributed by atoms with E-state index < -0.39 is 0 Å². The Morgan fingerprint density at radius 1 is 1.40 bits per heavy atom. The Balaban J connectivity index is 0.00000112. The number of rotatable bonds is 2. The lowest BCUT2D eigenvalue weighted by molar-refractivity contribution is 1.05. The topological polar surface area (TPSA) is 50.4 Å². The molecule has 0 aliphatic rings. The van der Waals surface area contributed by atoms with Gasteiger partial charge in [0.25, 0.3) is 0 Å². The SMILES string of the molecule is Cc1c(N=CNN)sc2ccccc12.Cl. The standard InChI is InChI=1S/C10H11N3S.ClH/c1-7-8-4-2-3-5-9(8)14-10(7)12-6-13-11;/h2-6H,11H2,1H3,(H,12,13);1H. The highest BCUT2D eigenvalue weighted by Crippen LogP contribution is 2.36. The van der Waals surface area contributed by atoms with E-state index in [0.29, 0.717) is 0 Å². The summed E-state index contributed by atoms with van der Waals surface area (Å²) < 4.78 is 1.26. The second kappa shape index (κ2) is 5.11. The fraction of sp³-hybridized carbons (Fsp3) is 0.100. The van der Waals surface area contributed by atoms with Crippen LogP contribution in [-0.4, -0.2) is 6.34 Å². The van der Waals surface area contributed by atoms with Crippen LogP contribution in [0.1, 0.15) is 5.56 Å². The van der Waals surface area contributed by atoms with E-state index in [2.05, 4.69) is 29.5 Å². The van der Waals surface area contributed by atoms with Gasteiger partial charge in [-0.05, 0) is 23.9 Å². The van der Waals surface area contributed by atoms with Gasteiger partial charge >= 0.3 is 0 Å². The van der Waals surface area contributed by atoms with Gasteiger partial charge in [-0.2, -0.15) is 0 Å². The lowest BCUT2D eigenvalue weighted by atomic mass is 10.2. The molecule has 0 aliphatic heterocycles. The minimum absolute atomic E-state index is 0. The smallest absolute Gasteiger partial charge is 0.121 e. The molecule has 80 valence electrons. The second-order valence-electron chi connectivity index (χ2n) is 2.95. The summed E-state index contributed by atoms with van der Waals surface area (Å²) in [6.07, 6.45) is 1.50. The summed E-state index contributed by atoms with van der Waals surface area (Å²) in [5.74, 6) is 5.13. The van der Waals surface area contributed by atoms with E-state index in [1.807, 2.05) is 12.1 Å². The number of aliphatic imine (C=N–C) groups is 1. The highest BCUT2D eigenvalue weighted by atomic mass is 35.5. The van der Waals surface area contributed by atoms with Crippen molar-refractivity contribution in [3.8, 4) is 0 Å². The molecule has 3 nitrogen and oxygen atoms in total. The molecule has 0 fully saturated rings. The van der Waals surface area contributed by atoms with Crippen molar-refractivity contribution in [2.24, 2.45) is 10.8 Å². The number of fused-ring (bicyclic) bond motifs is 1. The third-order valence-corrected chi connectivity index (χ3v) is 3.26. The monoisotopic (exact) mass is 241 g/mol. The van der Waals surface area contributed by atoms with Crippen LogP contribution in [0.3, 0.4) is 0 Å². The molecule has 0 spiro atoms. The van der Waals surface area contributed by atoms with Gasteiger partial charge in [0.05, 0.1) is 0 Å². The van der Waals surface area contributed by atoms with Crippen molar-refractivity contribution >= 4 is 45.2 Å². The van der Waals surface area contributed by atoms with Crippen LogP contribution in [0, 0.1) is 6.92 Å². The van der Waals surface area contributed by atoms with Crippen molar-refractivity contribution in [2.45, 2.75) is 6.92 Å². The summed E-state index contributed by atoms with van der Waals surface area (Å²) in [6.45, 7) is 2.07. The highest BCUT2D eigenvalue weighted by Gasteiger charge is 2.05. The molecule has 0 saturated carbocycles. The molecule has 0 radical (unpaired) electrons. The quantitative estimate of drug-likeness (QED) is 0.368. The molecule has 3 N–H and O–H groups in total. The molecule has 2 aromatic rings. The van der Waals surface area contributed by atoms with Gasteiger partial charge in [-0.1, -0.05) is 18.2 Å². The second-order valence-corrected chi connectivity index (χ2v) is 3.98. The van der Waals surface area contributed by atoms with Gasteiger partial charge in [-0.15, -0.1) is 23.7 Å². The lowest BCUT2D eigenvalue weighted by Crippen LogP contribution is -2.18. The van der Waals surface area contributed by atoms with E-state index in [9.17, 15) is 0 Å². The summed E-state index contributed by atoms with van der Waals surface area (Å²) in [5, 5.41) is 2.27. The molecule has 1 heterocycles. The summed E-state index contributed by atoms with van der Waals surface area (Å²) in [6, 6.07) is 8.28. The highest BCUT2D eigenvalue weighted by molar-refractivity contribution is 7.22. The van der Waals surface area contributed by atoms with Crippen molar-refractivity contribution in [2.75, 3.05) is 0 Å². The van der Waals surface area contributed by atoms with Gasteiger partial charge in [0, 0.05) is 4.70 Å². The Bertz CT molecular complexity index is 478. The predicted octanol–water partition coefficient (Wildman–Crippen LogP) is 2.75. The molecule has 0 unspecified atom stereocenters. The molecule has 15 heavy (non-hydrogen) atoms. The number of hydrogen-bond acceptors (Lipinski definition) is 3. The van der Waals surface area contributed by atoms with E-state index in [-0.39, 0.29) is 12.4 Å². The summed E-state index contributed by atoms with van der Waals surface area (Å²) >= 11 is 1.67. The fourth-order valence-corrected chi connectivity index (χ4v) is 2.43. The average Bonchev–Trinajstić information content (AvgIpc) is 2.54. The third kappa shape index (κ3) is 2.28. The van der Waals surface area contributed by atoms with Crippen LogP contribution < -0.4 is 11.3 Å². The zero-order valence-electron chi connectivity index (χ0n) is 8.23. The van der Waals surface area contributed by atoms with Crippen LogP contribution in [-0.2, 0) is 0 Å². The Hall–Kier alpha value is -1.10. The summed E-state index contributed by atoms with van der Waals surface area (Å²) in [7, 11) is 0. The Kier molecular flexibility index (Phi) is 4.08. The number of nitrogens with zero attached hydrogens (tertiary/aromatic N) is 1. The zero-order chi connectivity index (χ0) is 9.97. The van der Waals surface area contributed by atoms with Crippen LogP contribution in [0.4, 0.5) is 5.00 Å². The maximum Gasteiger partial charge on any atom is 0.121 e. The van der Waals surface area contributed by atoms with Gasteiger partial charge in [-0.25, -0.2) is 10.8 Å². The number of nitrogens with two attached hydrogens (primary N) is 1. The molecule has 2 rings (SSSR count). The Morgan fingerprint density at radius 2 is 2.13 bits per heavy atom. The van der Waals surface area contributed by atoms with Crippen molar-refractivity contribution in [1.29, 1.82) is 0 Å². The number of halogens is 1. The Morgan fingerprint density at radius 3 is 2.80 bits per heavy atom. The van der Waals surface area contributed by atoms with E-state index in [1.54, 1.807) is 11.3 Å². The van der Waals surface area contributed by atoms with Crippen molar-refractivity contribution in [3.05, 3.63) is 29.8 Å². The number of hydrazine groups is 1. The van der Waals surface area contributed by atoms with E-state index >= 15 is 0 Å². The molecule has 0 atom stereocenters. The van der Waals surface area contributed by atoms with Crippen molar-refractivity contribution in [3.63, 3.8) is 0 Å². The first-order chi connectivity index (χ1) is 6.83. The summed E-state index contributed by atoms with van der Waals surface area (Å²) in [4.78, 5) is 4.22. The van der Waals surface area contributed by atoms with Crippen molar-refractivity contribution in [1.82, 2.24) is 5.43 Å². The third-order valence-electron chi connectivity index (χ3n) is 2.07. The first kappa shape index (κ1) is 12.0. The largest absolute Gasteiger partial charge is 0.315 e. The summed E-state index contributed by atoms with van der Waals surface area (Å²) in [5.41, 5.74) is 3.61. The van der Waals surface area contributed by atoms with Crippen LogP contribution >= 0.6 is 23.7 Å². The molecule has 5 heteroatoms. The van der Waals surface area contributed by atoms with Crippen LogP contribution in [0.5, 0.6) is 0 Å². The maximum atomic E-state index is 5.13. The van der Waals surface area contributed by atoms with Crippen LogP contribution in [0.2, 0.25) is 0 Å². The van der Waals surface area contributed by atoms with Crippen LogP contribution in [0.25, 0.3) is 10.1 Å². The number of thiophene rings is 1. The lowest BCUT2D eigenvalue weighted by Gasteiger charge is -1.90. The van der Waals surface area contributed by atoms with Crippen LogP contribution in [0.15, 0.2) is 29.3 Å². The number of hydrogen-bond donors (Lipinski definition) is 2. The van der Waals surface area contributed by atoms with Gasteiger partial charge in [0.15, 0.2) is 0 Å². The number of benzene rings is 1. The maximum absolute atomic E-state index is 5.13. The van der Waals surface area contributed by atoms with Gasteiger partial charge in [0.1, 0.15) is 11.3 Å². The van der Waals surface area contributed by atoms with E-state index in [1.165, 1.54) is 22.0 Å². The first-order valence-corrected chi connectivity index (χ1v) is 5.11. The number of aryl methyl sites for hydroxylation is 1. The van der Waals surface area contributed by atoms with E-state index in [4.69, 9.17) is 5.84 Å². The Labute approximate surface area is 98.4 Å². The minimum Gasteiger partial charge on any atom is -0.315 e. The molecule has 0 aliphatic carbocycles. The van der Waals surface area contributed by atoms with Gasteiger partial charge < -0.3 is 5.43 Å². The molecular formula is C10H12ClN3S. The van der Waals surface area contributed by atoms with Crippen molar-refractivity contribution < 1.29 is 0 Å². The van der Waals surface area contributed by atoms with E-state index in [0.717, 1.165) is 5.00 Å². The first-order valence-electron chi connectivity index (χ1n) is 4.29. The van der Waals surface area contributed by atoms with Gasteiger partial charge in [-0.3, -0.25) is 0 Å². The average molecular weight is 242 g/mol. The normalized spacial score (nSPS) is 10.5. The zero-order valence-corrected chi connectivity index (χ0v) is 9.86. The molecule has 1 aromatic heterocycles. The molecule has 1 aromatic carbocycles. The minimum atomic E-state index is 0. The molecule has 0 bridgehead atoms. The molecule has 0 saturated heterocycles. The number of nitrogens with one attached hydrogen (secondary N) is 1. The molecule has 0 amide bonds. The molecular weight excluding hydrogens is 230 g/mol. The predicted molar refractivity (Wildman–Crippen MR) is 69.3 cm³/mol. The van der Waals surface area contributed by atoms with Gasteiger partial charge in [0.2, 0.25) is 0 Å². The fourth-order valence-electron chi connectivity index (χ4n) is 1.38.